The number of methoxy groups -OCH3 is 1. The van der Waals surface area contributed by atoms with Crippen LogP contribution in [0.3, 0.4) is 0 Å². The van der Waals surface area contributed by atoms with Crippen molar-refractivity contribution in [2.45, 2.75) is 65.6 Å². The van der Waals surface area contributed by atoms with Gasteiger partial charge in [-0.15, -0.1) is 0 Å². The van der Waals surface area contributed by atoms with Crippen LogP contribution >= 0.6 is 0 Å². The van der Waals surface area contributed by atoms with Gasteiger partial charge >= 0.3 is 0 Å². The molecule has 0 aromatic heterocycles. The lowest BCUT2D eigenvalue weighted by Gasteiger charge is -2.37. The molecule has 0 heterocycles. The van der Waals surface area contributed by atoms with Crippen LogP contribution in [0.5, 0.6) is 0 Å². The summed E-state index contributed by atoms with van der Waals surface area (Å²) in [6, 6.07) is 0. The number of carbonyl (C=O) groups excluding carboxylic acids is 1. The SMILES string of the molecule is COCCOCOC[C@@H](C)[C@@H]1CC(=O)[C@@H](C)[C@@H]1CCO[Si](C)(C)C(C)(C)C. The lowest BCUT2D eigenvalue weighted by atomic mass is 9.81. The molecule has 0 radical (unpaired) electrons. The Morgan fingerprint density at radius 3 is 2.41 bits per heavy atom. The molecule has 0 unspecified atom stereocenters. The van der Waals surface area contributed by atoms with Crippen molar-refractivity contribution >= 4 is 14.1 Å². The van der Waals surface area contributed by atoms with Gasteiger partial charge < -0.3 is 18.6 Å². The predicted octanol–water partition coefficient (Wildman–Crippen LogP) is 4.51. The Balaban J connectivity index is 2.49. The maximum atomic E-state index is 12.4. The first-order valence-corrected chi connectivity index (χ1v) is 13.2. The van der Waals surface area contributed by atoms with E-state index in [4.69, 9.17) is 18.6 Å². The van der Waals surface area contributed by atoms with E-state index in [2.05, 4.69) is 47.7 Å². The highest BCUT2D eigenvalue weighted by Gasteiger charge is 2.42. The van der Waals surface area contributed by atoms with Crippen molar-refractivity contribution < 1.29 is 23.4 Å². The van der Waals surface area contributed by atoms with Crippen molar-refractivity contribution in [1.29, 1.82) is 0 Å². The van der Waals surface area contributed by atoms with Crippen LogP contribution in [-0.4, -0.2) is 54.4 Å². The average Bonchev–Trinajstić information content (AvgIpc) is 2.85. The zero-order chi connectivity index (χ0) is 20.7. The fraction of sp³-hybridized carbons (Fsp3) is 0.952. The molecule has 0 bridgehead atoms. The van der Waals surface area contributed by atoms with Crippen LogP contribution in [0.2, 0.25) is 18.1 Å². The number of ether oxygens (including phenoxy) is 3. The second-order valence-electron chi connectivity index (χ2n) is 9.55. The first-order chi connectivity index (χ1) is 12.5. The molecule has 1 aliphatic rings. The summed E-state index contributed by atoms with van der Waals surface area (Å²) in [5.74, 6) is 1.60. The third-order valence-corrected chi connectivity index (χ3v) is 11.1. The van der Waals surface area contributed by atoms with Crippen molar-refractivity contribution in [1.82, 2.24) is 0 Å². The van der Waals surface area contributed by atoms with Gasteiger partial charge in [0, 0.05) is 26.1 Å². The fourth-order valence-electron chi connectivity index (χ4n) is 3.55. The van der Waals surface area contributed by atoms with Crippen LogP contribution in [0.4, 0.5) is 0 Å². The first-order valence-electron chi connectivity index (χ1n) is 10.3. The van der Waals surface area contributed by atoms with Crippen molar-refractivity contribution in [3.8, 4) is 0 Å². The van der Waals surface area contributed by atoms with Gasteiger partial charge in [0.15, 0.2) is 8.32 Å². The summed E-state index contributed by atoms with van der Waals surface area (Å²) >= 11 is 0. The van der Waals surface area contributed by atoms with Crippen molar-refractivity contribution in [3.63, 3.8) is 0 Å². The zero-order valence-corrected chi connectivity index (χ0v) is 19.8. The summed E-state index contributed by atoms with van der Waals surface area (Å²) in [6.07, 6.45) is 1.62. The zero-order valence-electron chi connectivity index (χ0n) is 18.8. The molecule has 0 N–H and O–H groups in total. The summed E-state index contributed by atoms with van der Waals surface area (Å²) in [6.45, 7) is 18.4. The van der Waals surface area contributed by atoms with E-state index in [0.29, 0.717) is 49.8 Å². The van der Waals surface area contributed by atoms with Gasteiger partial charge in [-0.3, -0.25) is 4.79 Å². The fourth-order valence-corrected chi connectivity index (χ4v) is 4.61. The molecule has 27 heavy (non-hydrogen) atoms. The molecule has 1 saturated carbocycles. The lowest BCUT2D eigenvalue weighted by Crippen LogP contribution is -2.41. The molecule has 1 rings (SSSR count). The van der Waals surface area contributed by atoms with E-state index in [0.717, 1.165) is 13.0 Å². The third-order valence-electron chi connectivity index (χ3n) is 6.57. The first kappa shape index (κ1) is 24.8. The highest BCUT2D eigenvalue weighted by atomic mass is 28.4. The molecule has 6 heteroatoms. The van der Waals surface area contributed by atoms with Crippen LogP contribution < -0.4 is 0 Å². The van der Waals surface area contributed by atoms with E-state index < -0.39 is 8.32 Å². The van der Waals surface area contributed by atoms with Crippen LogP contribution in [0.1, 0.15) is 47.5 Å². The molecule has 0 spiro atoms. The lowest BCUT2D eigenvalue weighted by molar-refractivity contribution is -0.120. The van der Waals surface area contributed by atoms with Crippen LogP contribution in [-0.2, 0) is 23.4 Å². The average molecular weight is 403 g/mol. The highest BCUT2D eigenvalue weighted by Crippen LogP contribution is 2.42. The molecule has 1 aliphatic carbocycles. The van der Waals surface area contributed by atoms with Gasteiger partial charge in [-0.25, -0.2) is 0 Å². The van der Waals surface area contributed by atoms with E-state index in [1.165, 1.54) is 0 Å². The van der Waals surface area contributed by atoms with E-state index in [1.54, 1.807) is 7.11 Å². The minimum Gasteiger partial charge on any atom is -0.417 e. The predicted molar refractivity (Wildman–Crippen MR) is 111 cm³/mol. The standard InChI is InChI=1S/C21H42O5Si/c1-16(14-25-15-24-12-11-23-6)19-13-20(22)17(2)18(19)9-10-26-27(7,8)21(3,4)5/h16-19H,9-15H2,1-8H3/t16-,17+,18+,19+/m1/s1. The summed E-state index contributed by atoms with van der Waals surface area (Å²) in [7, 11) is -0.0862. The second-order valence-corrected chi connectivity index (χ2v) is 14.4. The van der Waals surface area contributed by atoms with Crippen LogP contribution in [0, 0.1) is 23.7 Å². The monoisotopic (exact) mass is 402 g/mol. The van der Waals surface area contributed by atoms with E-state index in [-0.39, 0.29) is 17.7 Å². The van der Waals surface area contributed by atoms with E-state index >= 15 is 0 Å². The number of ketones is 1. The topological polar surface area (TPSA) is 54.0 Å². The summed E-state index contributed by atoms with van der Waals surface area (Å²) < 4.78 is 22.3. The molecule has 5 nitrogen and oxygen atoms in total. The Labute approximate surface area is 167 Å². The van der Waals surface area contributed by atoms with Gasteiger partial charge in [0.25, 0.3) is 0 Å². The number of hydrogen-bond donors (Lipinski definition) is 0. The molecule has 0 aromatic carbocycles. The molecule has 0 aliphatic heterocycles. The van der Waals surface area contributed by atoms with Gasteiger partial charge in [0.2, 0.25) is 0 Å². The Kier molecular flexibility index (Phi) is 10.1. The van der Waals surface area contributed by atoms with Crippen molar-refractivity contribution in [2.75, 3.05) is 40.3 Å². The minimum absolute atomic E-state index is 0.124. The molecular weight excluding hydrogens is 360 g/mol. The third kappa shape index (κ3) is 7.57. The minimum atomic E-state index is -1.74. The quantitative estimate of drug-likeness (QED) is 0.273. The van der Waals surface area contributed by atoms with Crippen molar-refractivity contribution in [3.05, 3.63) is 0 Å². The van der Waals surface area contributed by atoms with Crippen LogP contribution in [0.25, 0.3) is 0 Å². The number of rotatable bonds is 12. The molecule has 1 fully saturated rings. The number of carbonyl (C=O) groups is 1. The van der Waals surface area contributed by atoms with Gasteiger partial charge in [-0.1, -0.05) is 34.6 Å². The summed E-state index contributed by atoms with van der Waals surface area (Å²) in [5.41, 5.74) is 0. The Hall–Kier alpha value is -0.273. The van der Waals surface area contributed by atoms with Gasteiger partial charge in [0.05, 0.1) is 19.8 Å². The smallest absolute Gasteiger partial charge is 0.191 e. The molecular formula is C21H42O5Si. The molecule has 160 valence electrons. The molecule has 0 saturated heterocycles. The second kappa shape index (κ2) is 11.1. The van der Waals surface area contributed by atoms with Gasteiger partial charge in [-0.05, 0) is 42.3 Å². The molecule has 0 amide bonds. The Morgan fingerprint density at radius 2 is 1.81 bits per heavy atom. The van der Waals surface area contributed by atoms with Crippen molar-refractivity contribution in [2.24, 2.45) is 23.7 Å². The molecule has 0 aromatic rings. The molecule has 4 atom stereocenters. The van der Waals surface area contributed by atoms with Gasteiger partial charge in [-0.2, -0.15) is 0 Å². The number of Topliss-reactive ketones (excluding diaryl/α,β-unsaturated/α-hetero) is 1. The normalized spacial score (nSPS) is 25.2. The Morgan fingerprint density at radius 1 is 1.15 bits per heavy atom. The van der Waals surface area contributed by atoms with E-state index in [9.17, 15) is 4.79 Å². The maximum Gasteiger partial charge on any atom is 0.191 e. The maximum absolute atomic E-state index is 12.4. The highest BCUT2D eigenvalue weighted by molar-refractivity contribution is 6.74. The van der Waals surface area contributed by atoms with Gasteiger partial charge in [0.1, 0.15) is 12.6 Å². The largest absolute Gasteiger partial charge is 0.417 e. The van der Waals surface area contributed by atoms with E-state index in [1.807, 2.05) is 0 Å². The summed E-state index contributed by atoms with van der Waals surface area (Å²) in [4.78, 5) is 12.4. The summed E-state index contributed by atoms with van der Waals surface area (Å²) in [5, 5.41) is 0.216. The number of hydrogen-bond acceptors (Lipinski definition) is 5. The Bertz CT molecular complexity index is 446. The van der Waals surface area contributed by atoms with Crippen LogP contribution in [0.15, 0.2) is 0 Å².